The summed E-state index contributed by atoms with van der Waals surface area (Å²) >= 11 is 0. The second-order valence-electron chi connectivity index (χ2n) is 9.02. The number of benzene rings is 1. The number of carbonyl (C=O) groups excluding carboxylic acids is 1. The van der Waals surface area contributed by atoms with Gasteiger partial charge in [-0.15, -0.1) is 0 Å². The number of aromatic nitrogens is 1. The maximum atomic E-state index is 13.2. The third-order valence-corrected chi connectivity index (χ3v) is 6.27. The number of anilines is 1. The van der Waals surface area contributed by atoms with Crippen LogP contribution in [0.15, 0.2) is 48.8 Å². The first-order chi connectivity index (χ1) is 14.3. The van der Waals surface area contributed by atoms with Crippen molar-refractivity contribution in [2.24, 2.45) is 17.6 Å². The highest BCUT2D eigenvalue weighted by molar-refractivity contribution is 5.92. The second kappa shape index (κ2) is 10.1. The summed E-state index contributed by atoms with van der Waals surface area (Å²) in [5, 5.41) is 6.48. The van der Waals surface area contributed by atoms with Crippen LogP contribution in [0.5, 0.6) is 0 Å². The molecule has 5 nitrogen and oxygen atoms in total. The van der Waals surface area contributed by atoms with Crippen LogP contribution in [0.1, 0.15) is 45.1 Å². The van der Waals surface area contributed by atoms with Gasteiger partial charge in [0.25, 0.3) is 0 Å². The highest BCUT2D eigenvalue weighted by Gasteiger charge is 2.29. The molecule has 1 fully saturated rings. The third-order valence-electron chi connectivity index (χ3n) is 6.27. The zero-order valence-corrected chi connectivity index (χ0v) is 17.9. The molecule has 1 aliphatic carbocycles. The number of halogens is 1. The van der Waals surface area contributed by atoms with Gasteiger partial charge in [-0.25, -0.2) is 4.39 Å². The van der Waals surface area contributed by atoms with Crippen molar-refractivity contribution in [3.8, 4) is 0 Å². The minimum Gasteiger partial charge on any atom is -0.326 e. The van der Waals surface area contributed by atoms with E-state index in [1.54, 1.807) is 24.5 Å². The highest BCUT2D eigenvalue weighted by Crippen LogP contribution is 2.31. The summed E-state index contributed by atoms with van der Waals surface area (Å²) in [7, 11) is 0. The number of nitrogens with one attached hydrogen (secondary N) is 2. The minimum absolute atomic E-state index is 0.0481. The molecule has 1 aliphatic rings. The topological polar surface area (TPSA) is 80.0 Å². The van der Waals surface area contributed by atoms with Gasteiger partial charge in [0.1, 0.15) is 5.82 Å². The third kappa shape index (κ3) is 6.09. The molecule has 162 valence electrons. The van der Waals surface area contributed by atoms with E-state index >= 15 is 0 Å². The predicted octanol–water partition coefficient (Wildman–Crippen LogP) is 3.86. The number of hydrogen-bond donors (Lipinski definition) is 3. The van der Waals surface area contributed by atoms with Gasteiger partial charge in [-0.3, -0.25) is 9.78 Å². The molecule has 1 amide bonds. The second-order valence-corrected chi connectivity index (χ2v) is 9.02. The molecule has 4 N–H and O–H groups in total. The van der Waals surface area contributed by atoms with E-state index < -0.39 is 0 Å². The fourth-order valence-corrected chi connectivity index (χ4v) is 4.21. The average Bonchev–Trinajstić information content (AvgIpc) is 2.74. The Balaban J connectivity index is 1.40. The van der Waals surface area contributed by atoms with Gasteiger partial charge in [-0.05, 0) is 61.4 Å². The van der Waals surface area contributed by atoms with Gasteiger partial charge in [0.05, 0.1) is 0 Å². The molecule has 0 radical (unpaired) electrons. The molecular weight excluding hydrogens is 379 g/mol. The van der Waals surface area contributed by atoms with Gasteiger partial charge < -0.3 is 16.4 Å². The first-order valence-electron chi connectivity index (χ1n) is 10.8. The van der Waals surface area contributed by atoms with Gasteiger partial charge >= 0.3 is 0 Å². The summed E-state index contributed by atoms with van der Waals surface area (Å²) in [5.41, 5.74) is 8.26. The smallest absolute Gasteiger partial charge is 0.227 e. The number of nitrogens with zero attached hydrogens (tertiary/aromatic N) is 1. The van der Waals surface area contributed by atoms with Crippen LogP contribution in [0.3, 0.4) is 0 Å². The molecule has 0 spiro atoms. The van der Waals surface area contributed by atoms with Crippen LogP contribution >= 0.6 is 0 Å². The van der Waals surface area contributed by atoms with Crippen molar-refractivity contribution in [2.45, 2.75) is 51.0 Å². The largest absolute Gasteiger partial charge is 0.326 e. The van der Waals surface area contributed by atoms with E-state index in [9.17, 15) is 9.18 Å². The van der Waals surface area contributed by atoms with Crippen LogP contribution in [0, 0.1) is 17.7 Å². The van der Waals surface area contributed by atoms with Crippen molar-refractivity contribution in [1.29, 1.82) is 0 Å². The van der Waals surface area contributed by atoms with Crippen molar-refractivity contribution in [3.63, 3.8) is 0 Å². The molecule has 1 aromatic carbocycles. The first kappa shape index (κ1) is 22.4. The fraction of sp³-hybridized carbons (Fsp3) is 0.500. The van der Waals surface area contributed by atoms with Crippen LogP contribution in [0.4, 0.5) is 10.1 Å². The SMILES string of the molecule is CC(C)(CNCC(N)C1CCC(C(=O)Nc2ccncc2)CC1)c1ccc(F)cc1. The number of carbonyl (C=O) groups is 1. The van der Waals surface area contributed by atoms with Crippen molar-refractivity contribution in [2.75, 3.05) is 18.4 Å². The lowest BCUT2D eigenvalue weighted by Crippen LogP contribution is -2.45. The number of hydrogen-bond acceptors (Lipinski definition) is 4. The molecule has 1 atom stereocenters. The molecule has 0 aliphatic heterocycles. The van der Waals surface area contributed by atoms with E-state index in [1.165, 1.54) is 12.1 Å². The molecule has 6 heteroatoms. The fourth-order valence-electron chi connectivity index (χ4n) is 4.21. The van der Waals surface area contributed by atoms with Crippen LogP contribution in [0.2, 0.25) is 0 Å². The number of amides is 1. The quantitative estimate of drug-likeness (QED) is 0.615. The van der Waals surface area contributed by atoms with Crippen LogP contribution in [-0.4, -0.2) is 30.0 Å². The van der Waals surface area contributed by atoms with Crippen molar-refractivity contribution >= 4 is 11.6 Å². The highest BCUT2D eigenvalue weighted by atomic mass is 19.1. The van der Waals surface area contributed by atoms with Gasteiger partial charge in [0.2, 0.25) is 5.91 Å². The minimum atomic E-state index is -0.213. The predicted molar refractivity (Wildman–Crippen MR) is 119 cm³/mol. The Bertz CT molecular complexity index is 802. The zero-order chi connectivity index (χ0) is 21.6. The normalized spacial score (nSPS) is 20.5. The summed E-state index contributed by atoms with van der Waals surface area (Å²) in [6.45, 7) is 5.80. The molecule has 3 rings (SSSR count). The maximum absolute atomic E-state index is 13.2. The van der Waals surface area contributed by atoms with Gasteiger partial charge in [-0.2, -0.15) is 0 Å². The molecule has 1 heterocycles. The molecule has 1 saturated carbocycles. The van der Waals surface area contributed by atoms with Crippen molar-refractivity contribution in [1.82, 2.24) is 10.3 Å². The summed E-state index contributed by atoms with van der Waals surface area (Å²) in [4.78, 5) is 16.5. The number of pyridine rings is 1. The van der Waals surface area contributed by atoms with Crippen molar-refractivity contribution < 1.29 is 9.18 Å². The van der Waals surface area contributed by atoms with E-state index in [0.717, 1.165) is 50.0 Å². The molecule has 30 heavy (non-hydrogen) atoms. The molecule has 1 unspecified atom stereocenters. The van der Waals surface area contributed by atoms with E-state index in [2.05, 4.69) is 29.5 Å². The van der Waals surface area contributed by atoms with E-state index in [4.69, 9.17) is 5.73 Å². The summed E-state index contributed by atoms with van der Waals surface area (Å²) in [6.07, 6.45) is 7.04. The molecule has 0 saturated heterocycles. The Kier molecular flexibility index (Phi) is 7.56. The van der Waals surface area contributed by atoms with Gasteiger partial charge in [-0.1, -0.05) is 26.0 Å². The summed E-state index contributed by atoms with van der Waals surface area (Å²) < 4.78 is 13.2. The number of nitrogens with two attached hydrogens (primary N) is 1. The van der Waals surface area contributed by atoms with Crippen LogP contribution in [-0.2, 0) is 10.2 Å². The Morgan fingerprint density at radius 2 is 1.77 bits per heavy atom. The van der Waals surface area contributed by atoms with Crippen molar-refractivity contribution in [3.05, 3.63) is 60.2 Å². The average molecular weight is 413 g/mol. The molecule has 2 aromatic rings. The van der Waals surface area contributed by atoms with Gasteiger partial charge in [0.15, 0.2) is 0 Å². The molecule has 1 aromatic heterocycles. The molecule has 0 bridgehead atoms. The van der Waals surface area contributed by atoms with E-state index in [-0.39, 0.29) is 29.1 Å². The lowest BCUT2D eigenvalue weighted by molar-refractivity contribution is -0.121. The number of rotatable bonds is 8. The Morgan fingerprint density at radius 1 is 1.13 bits per heavy atom. The van der Waals surface area contributed by atoms with E-state index in [0.29, 0.717) is 5.92 Å². The maximum Gasteiger partial charge on any atom is 0.227 e. The lowest BCUT2D eigenvalue weighted by atomic mass is 9.78. The van der Waals surface area contributed by atoms with E-state index in [1.807, 2.05) is 12.1 Å². The monoisotopic (exact) mass is 412 g/mol. The Morgan fingerprint density at radius 3 is 2.40 bits per heavy atom. The van der Waals surface area contributed by atoms with Gasteiger partial charge in [0, 0.05) is 48.5 Å². The standard InChI is InChI=1S/C24H33FN4O/c1-24(2,19-7-9-20(25)10-8-19)16-28-15-22(26)17-3-5-18(6-4-17)23(30)29-21-11-13-27-14-12-21/h7-14,17-18,22,28H,3-6,15-16,26H2,1-2H3,(H,27,29,30). The van der Waals surface area contributed by atoms with Crippen LogP contribution in [0.25, 0.3) is 0 Å². The van der Waals surface area contributed by atoms with Crippen LogP contribution < -0.4 is 16.4 Å². The molecular formula is C24H33FN4O. The Labute approximate surface area is 178 Å². The lowest BCUT2D eigenvalue weighted by Gasteiger charge is -2.33. The summed E-state index contributed by atoms with van der Waals surface area (Å²) in [6, 6.07) is 10.4. The zero-order valence-electron chi connectivity index (χ0n) is 17.9. The summed E-state index contributed by atoms with van der Waals surface area (Å²) in [5.74, 6) is 0.352. The first-order valence-corrected chi connectivity index (χ1v) is 10.8. The Hall–Kier alpha value is -2.31.